The van der Waals surface area contributed by atoms with Crippen LogP contribution < -0.4 is 5.73 Å². The Balaban J connectivity index is 2.02. The Hall–Kier alpha value is -0.430. The molecule has 0 saturated carbocycles. The summed E-state index contributed by atoms with van der Waals surface area (Å²) in [5.41, 5.74) is 5.61. The zero-order chi connectivity index (χ0) is 12.3. The van der Waals surface area contributed by atoms with Crippen molar-refractivity contribution in [2.45, 2.75) is 19.0 Å². The van der Waals surface area contributed by atoms with Crippen LogP contribution in [-0.2, 0) is 16.4 Å². The Bertz CT molecular complexity index is 442. The molecule has 0 radical (unpaired) electrons. The van der Waals surface area contributed by atoms with E-state index in [1.165, 1.54) is 4.88 Å². The minimum absolute atomic E-state index is 0.144. The van der Waals surface area contributed by atoms with Crippen molar-refractivity contribution in [3.05, 3.63) is 22.4 Å². The summed E-state index contributed by atoms with van der Waals surface area (Å²) in [6, 6.07) is 4.24. The van der Waals surface area contributed by atoms with E-state index in [1.807, 2.05) is 11.4 Å². The molecule has 0 aromatic carbocycles. The van der Waals surface area contributed by atoms with E-state index in [4.69, 9.17) is 5.73 Å². The summed E-state index contributed by atoms with van der Waals surface area (Å²) in [6.07, 6.45) is 0.744. The summed E-state index contributed by atoms with van der Waals surface area (Å²) in [6.45, 7) is 2.15. The van der Waals surface area contributed by atoms with Gasteiger partial charge in [0.1, 0.15) is 0 Å². The van der Waals surface area contributed by atoms with Gasteiger partial charge in [-0.25, -0.2) is 8.42 Å². The first-order chi connectivity index (χ1) is 8.11. The molecule has 0 amide bonds. The highest BCUT2D eigenvalue weighted by Gasteiger charge is 2.31. The smallest absolute Gasteiger partial charge is 0.151 e. The SMILES string of the molecule is NCCN(Cc1cccs1)C1CCS(=O)(=O)C1. The van der Waals surface area contributed by atoms with Crippen molar-refractivity contribution in [2.24, 2.45) is 5.73 Å². The molecule has 1 aliphatic heterocycles. The highest BCUT2D eigenvalue weighted by Crippen LogP contribution is 2.21. The molecule has 1 atom stereocenters. The van der Waals surface area contributed by atoms with Crippen molar-refractivity contribution in [3.63, 3.8) is 0 Å². The Morgan fingerprint density at radius 1 is 1.53 bits per heavy atom. The average Bonchev–Trinajstić information content (AvgIpc) is 2.87. The normalized spacial score (nSPS) is 23.3. The molecule has 0 spiro atoms. The van der Waals surface area contributed by atoms with Crippen molar-refractivity contribution >= 4 is 21.2 Å². The lowest BCUT2D eigenvalue weighted by atomic mass is 10.2. The fourth-order valence-electron chi connectivity index (χ4n) is 2.22. The van der Waals surface area contributed by atoms with Crippen LogP contribution >= 0.6 is 11.3 Å². The summed E-state index contributed by atoms with van der Waals surface area (Å²) in [7, 11) is -2.82. The Morgan fingerprint density at radius 2 is 2.35 bits per heavy atom. The number of nitrogens with zero attached hydrogens (tertiary/aromatic N) is 1. The van der Waals surface area contributed by atoms with Crippen LogP contribution in [0.2, 0.25) is 0 Å². The maximum Gasteiger partial charge on any atom is 0.151 e. The molecule has 6 heteroatoms. The van der Waals surface area contributed by atoms with E-state index < -0.39 is 9.84 Å². The minimum atomic E-state index is -2.82. The average molecular weight is 274 g/mol. The predicted octanol–water partition coefficient (Wildman–Crippen LogP) is 0.696. The summed E-state index contributed by atoms with van der Waals surface area (Å²) >= 11 is 1.70. The van der Waals surface area contributed by atoms with Crippen LogP contribution in [-0.4, -0.2) is 44.0 Å². The summed E-state index contributed by atoms with van der Waals surface area (Å²) in [5.74, 6) is 0.613. The van der Waals surface area contributed by atoms with E-state index in [1.54, 1.807) is 11.3 Å². The van der Waals surface area contributed by atoms with Gasteiger partial charge in [-0.2, -0.15) is 0 Å². The van der Waals surface area contributed by atoms with Gasteiger partial charge >= 0.3 is 0 Å². The molecule has 2 rings (SSSR count). The van der Waals surface area contributed by atoms with Crippen molar-refractivity contribution in [2.75, 3.05) is 24.6 Å². The lowest BCUT2D eigenvalue weighted by Gasteiger charge is -2.26. The van der Waals surface area contributed by atoms with Gasteiger partial charge in [-0.1, -0.05) is 6.07 Å². The number of sulfone groups is 1. The Labute approximate surface area is 106 Å². The molecule has 2 N–H and O–H groups in total. The van der Waals surface area contributed by atoms with E-state index >= 15 is 0 Å². The van der Waals surface area contributed by atoms with E-state index in [0.29, 0.717) is 18.1 Å². The van der Waals surface area contributed by atoms with Crippen molar-refractivity contribution < 1.29 is 8.42 Å². The molecule has 17 heavy (non-hydrogen) atoms. The fraction of sp³-hybridized carbons (Fsp3) is 0.636. The van der Waals surface area contributed by atoms with Crippen LogP contribution in [0.1, 0.15) is 11.3 Å². The fourth-order valence-corrected chi connectivity index (χ4v) is 4.71. The molecule has 96 valence electrons. The first kappa shape index (κ1) is 13.0. The van der Waals surface area contributed by atoms with Gasteiger partial charge in [0.2, 0.25) is 0 Å². The van der Waals surface area contributed by atoms with Gasteiger partial charge in [0.05, 0.1) is 11.5 Å². The lowest BCUT2D eigenvalue weighted by molar-refractivity contribution is 0.211. The van der Waals surface area contributed by atoms with E-state index in [-0.39, 0.29) is 6.04 Å². The largest absolute Gasteiger partial charge is 0.329 e. The maximum atomic E-state index is 11.5. The third-order valence-corrected chi connectivity index (χ3v) is 5.69. The van der Waals surface area contributed by atoms with Gasteiger partial charge in [0.25, 0.3) is 0 Å². The topological polar surface area (TPSA) is 63.4 Å². The molecular weight excluding hydrogens is 256 g/mol. The number of hydrogen-bond donors (Lipinski definition) is 1. The summed E-state index contributed by atoms with van der Waals surface area (Å²) < 4.78 is 23.0. The van der Waals surface area contributed by atoms with Gasteiger partial charge in [-0.3, -0.25) is 4.90 Å². The molecule has 2 heterocycles. The molecule has 0 aliphatic carbocycles. The van der Waals surface area contributed by atoms with Crippen LogP contribution in [0, 0.1) is 0 Å². The van der Waals surface area contributed by atoms with Crippen LogP contribution in [0.15, 0.2) is 17.5 Å². The molecule has 1 unspecified atom stereocenters. The zero-order valence-corrected chi connectivity index (χ0v) is 11.3. The zero-order valence-electron chi connectivity index (χ0n) is 9.71. The highest BCUT2D eigenvalue weighted by atomic mass is 32.2. The van der Waals surface area contributed by atoms with Gasteiger partial charge in [0, 0.05) is 30.6 Å². The predicted molar refractivity (Wildman–Crippen MR) is 70.8 cm³/mol. The van der Waals surface area contributed by atoms with Crippen LogP contribution in [0.3, 0.4) is 0 Å². The minimum Gasteiger partial charge on any atom is -0.329 e. The molecule has 4 nitrogen and oxygen atoms in total. The number of hydrogen-bond acceptors (Lipinski definition) is 5. The second-order valence-corrected chi connectivity index (χ2v) is 7.66. The molecule has 1 aromatic rings. The van der Waals surface area contributed by atoms with Crippen molar-refractivity contribution in [1.29, 1.82) is 0 Å². The molecule has 1 saturated heterocycles. The van der Waals surface area contributed by atoms with Crippen molar-refractivity contribution in [1.82, 2.24) is 4.90 Å². The summed E-state index contributed by atoms with van der Waals surface area (Å²) in [5, 5.41) is 2.04. The highest BCUT2D eigenvalue weighted by molar-refractivity contribution is 7.91. The number of nitrogens with two attached hydrogens (primary N) is 1. The third-order valence-electron chi connectivity index (χ3n) is 3.08. The number of rotatable bonds is 5. The van der Waals surface area contributed by atoms with E-state index in [0.717, 1.165) is 19.5 Å². The van der Waals surface area contributed by atoms with E-state index in [9.17, 15) is 8.42 Å². The van der Waals surface area contributed by atoms with Gasteiger partial charge in [0.15, 0.2) is 9.84 Å². The molecule has 1 aliphatic rings. The first-order valence-corrected chi connectivity index (χ1v) is 8.48. The standard InChI is InChI=1S/C11H18N2O2S2/c12-4-5-13(8-11-2-1-6-16-11)10-3-7-17(14,15)9-10/h1-2,6,10H,3-5,7-9,12H2. The van der Waals surface area contributed by atoms with Gasteiger partial charge in [-0.05, 0) is 17.9 Å². The Kier molecular flexibility index (Phi) is 4.19. The summed E-state index contributed by atoms with van der Waals surface area (Å²) in [4.78, 5) is 3.47. The van der Waals surface area contributed by atoms with Crippen LogP contribution in [0.25, 0.3) is 0 Å². The third kappa shape index (κ3) is 3.51. The first-order valence-electron chi connectivity index (χ1n) is 5.77. The molecular formula is C11H18N2O2S2. The molecule has 0 bridgehead atoms. The molecule has 1 fully saturated rings. The Morgan fingerprint density at radius 3 is 2.88 bits per heavy atom. The quantitative estimate of drug-likeness (QED) is 0.858. The van der Waals surface area contributed by atoms with Crippen LogP contribution in [0.4, 0.5) is 0 Å². The van der Waals surface area contributed by atoms with Crippen molar-refractivity contribution in [3.8, 4) is 0 Å². The molecule has 1 aromatic heterocycles. The van der Waals surface area contributed by atoms with Gasteiger partial charge in [-0.15, -0.1) is 11.3 Å². The maximum absolute atomic E-state index is 11.5. The monoisotopic (exact) mass is 274 g/mol. The van der Waals surface area contributed by atoms with Gasteiger partial charge < -0.3 is 5.73 Å². The lowest BCUT2D eigenvalue weighted by Crippen LogP contribution is -2.38. The number of thiophene rings is 1. The second-order valence-electron chi connectivity index (χ2n) is 4.40. The van der Waals surface area contributed by atoms with E-state index in [2.05, 4.69) is 11.0 Å². The second kappa shape index (κ2) is 5.48. The van der Waals surface area contributed by atoms with Crippen LogP contribution in [0.5, 0.6) is 0 Å².